The molecule has 0 aromatic heterocycles. The summed E-state index contributed by atoms with van der Waals surface area (Å²) in [6, 6.07) is 13.8. The first kappa shape index (κ1) is 17.5. The van der Waals surface area contributed by atoms with Gasteiger partial charge in [-0.25, -0.2) is 4.79 Å². The van der Waals surface area contributed by atoms with Crippen LogP contribution in [0, 0.1) is 0 Å². The van der Waals surface area contributed by atoms with E-state index in [0.717, 1.165) is 23.1 Å². The highest BCUT2D eigenvalue weighted by molar-refractivity contribution is 5.95. The highest BCUT2D eigenvalue weighted by Gasteiger charge is 2.41. The molecule has 0 atom stereocenters. The highest BCUT2D eigenvalue weighted by Crippen LogP contribution is 2.49. The fourth-order valence-corrected chi connectivity index (χ4v) is 4.37. The molecule has 0 radical (unpaired) electrons. The normalized spacial score (nSPS) is 18.0. The van der Waals surface area contributed by atoms with Crippen LogP contribution in [0.5, 0.6) is 0 Å². The summed E-state index contributed by atoms with van der Waals surface area (Å²) in [5, 5.41) is 9.37. The number of carboxylic acid groups (broad SMARTS) is 1. The molecule has 2 aromatic rings. The Bertz CT molecular complexity index is 869. The number of hydrogen-bond donors (Lipinski definition) is 1. The zero-order valence-corrected chi connectivity index (χ0v) is 15.7. The third kappa shape index (κ3) is 3.13. The number of hydrogen-bond acceptors (Lipinski definition) is 1. The molecule has 0 heterocycles. The number of carbonyl (C=O) groups is 1. The predicted molar refractivity (Wildman–Crippen MR) is 104 cm³/mol. The lowest BCUT2D eigenvalue weighted by Gasteiger charge is -2.22. The topological polar surface area (TPSA) is 37.3 Å². The fraction of sp³-hybridized carbons (Fsp3) is 0.348. The van der Waals surface area contributed by atoms with Crippen LogP contribution < -0.4 is 0 Å². The molecule has 25 heavy (non-hydrogen) atoms. The third-order valence-electron chi connectivity index (χ3n) is 5.38. The molecule has 0 saturated heterocycles. The minimum absolute atomic E-state index is 0.161. The Morgan fingerprint density at radius 3 is 2.32 bits per heavy atom. The Balaban J connectivity index is 2.06. The molecule has 1 aliphatic rings. The molecule has 3 rings (SSSR count). The molecule has 2 aromatic carbocycles. The molecule has 0 unspecified atom stereocenters. The van der Waals surface area contributed by atoms with Gasteiger partial charge in [0.25, 0.3) is 0 Å². The van der Waals surface area contributed by atoms with Crippen molar-refractivity contribution >= 4 is 17.6 Å². The number of rotatable bonds is 3. The zero-order valence-electron chi connectivity index (χ0n) is 15.7. The largest absolute Gasteiger partial charge is 0.478 e. The number of allylic oxidation sites excluding steroid dienone is 1. The molecular formula is C23H26O2. The van der Waals surface area contributed by atoms with E-state index in [1.807, 2.05) is 25.1 Å². The lowest BCUT2D eigenvalue weighted by atomic mass is 9.82. The zero-order chi connectivity index (χ0) is 18.4. The highest BCUT2D eigenvalue weighted by atomic mass is 16.4. The summed E-state index contributed by atoms with van der Waals surface area (Å²) in [6.45, 7) is 11.3. The number of fused-ring (bicyclic) bond motifs is 1. The van der Waals surface area contributed by atoms with Gasteiger partial charge in [0.1, 0.15) is 0 Å². The van der Waals surface area contributed by atoms with Crippen LogP contribution in [0.15, 0.2) is 42.5 Å². The fourth-order valence-electron chi connectivity index (χ4n) is 4.37. The molecule has 0 amide bonds. The summed E-state index contributed by atoms with van der Waals surface area (Å²) in [4.78, 5) is 11.4. The number of benzene rings is 2. The molecule has 2 heteroatoms. The smallest absolute Gasteiger partial charge is 0.336 e. The van der Waals surface area contributed by atoms with E-state index in [9.17, 15) is 9.90 Å². The van der Waals surface area contributed by atoms with Gasteiger partial charge >= 0.3 is 5.97 Å². The van der Waals surface area contributed by atoms with Gasteiger partial charge in [-0.2, -0.15) is 0 Å². The van der Waals surface area contributed by atoms with Crippen molar-refractivity contribution in [1.82, 2.24) is 0 Å². The monoisotopic (exact) mass is 334 g/mol. The van der Waals surface area contributed by atoms with E-state index in [-0.39, 0.29) is 10.8 Å². The van der Waals surface area contributed by atoms with Crippen LogP contribution in [-0.2, 0) is 10.8 Å². The van der Waals surface area contributed by atoms with E-state index in [0.29, 0.717) is 5.56 Å². The molecule has 0 bridgehead atoms. The van der Waals surface area contributed by atoms with Gasteiger partial charge in [0, 0.05) is 0 Å². The molecule has 130 valence electrons. The second kappa shape index (κ2) is 5.87. The number of aromatic carboxylic acids is 1. The van der Waals surface area contributed by atoms with Crippen LogP contribution in [0.25, 0.3) is 11.6 Å². The van der Waals surface area contributed by atoms with Gasteiger partial charge < -0.3 is 5.11 Å². The van der Waals surface area contributed by atoms with Crippen molar-refractivity contribution in [2.45, 2.75) is 51.9 Å². The molecular weight excluding hydrogens is 308 g/mol. The maximum atomic E-state index is 11.4. The van der Waals surface area contributed by atoms with Crippen molar-refractivity contribution in [3.63, 3.8) is 0 Å². The first-order valence-corrected chi connectivity index (χ1v) is 8.78. The van der Waals surface area contributed by atoms with Crippen LogP contribution in [-0.4, -0.2) is 11.1 Å². The van der Waals surface area contributed by atoms with Gasteiger partial charge in [0.2, 0.25) is 0 Å². The van der Waals surface area contributed by atoms with Crippen molar-refractivity contribution < 1.29 is 9.90 Å². The summed E-state index contributed by atoms with van der Waals surface area (Å²) >= 11 is 0. The Labute approximate surface area is 150 Å². The molecule has 0 saturated carbocycles. The van der Waals surface area contributed by atoms with Crippen molar-refractivity contribution in [3.8, 4) is 0 Å². The van der Waals surface area contributed by atoms with Gasteiger partial charge in [0.05, 0.1) is 5.56 Å². The van der Waals surface area contributed by atoms with Gasteiger partial charge in [0.15, 0.2) is 0 Å². The molecule has 1 N–H and O–H groups in total. The lowest BCUT2D eigenvalue weighted by Crippen LogP contribution is -2.17. The van der Waals surface area contributed by atoms with Crippen LogP contribution >= 0.6 is 0 Å². The van der Waals surface area contributed by atoms with Gasteiger partial charge in [-0.1, -0.05) is 70.2 Å². The SMILES string of the molecule is CC(=Cc1ccccc1C(=O)O)c1ccc2c(c1)C(C)(C)CC2(C)C. The molecule has 0 spiro atoms. The first-order valence-electron chi connectivity index (χ1n) is 8.78. The molecule has 2 nitrogen and oxygen atoms in total. The van der Waals surface area contributed by atoms with E-state index >= 15 is 0 Å². The Hall–Kier alpha value is -2.35. The Kier molecular flexibility index (Phi) is 4.10. The average Bonchev–Trinajstić information content (AvgIpc) is 2.72. The summed E-state index contributed by atoms with van der Waals surface area (Å²) < 4.78 is 0. The second-order valence-corrected chi connectivity index (χ2v) is 8.42. The van der Waals surface area contributed by atoms with Crippen LogP contribution in [0.3, 0.4) is 0 Å². The minimum Gasteiger partial charge on any atom is -0.478 e. The third-order valence-corrected chi connectivity index (χ3v) is 5.38. The average molecular weight is 334 g/mol. The van der Waals surface area contributed by atoms with E-state index in [1.165, 1.54) is 11.1 Å². The van der Waals surface area contributed by atoms with Crippen LogP contribution in [0.1, 0.15) is 73.7 Å². The van der Waals surface area contributed by atoms with E-state index in [2.05, 4.69) is 45.9 Å². The maximum absolute atomic E-state index is 11.4. The minimum atomic E-state index is -0.892. The van der Waals surface area contributed by atoms with Gasteiger partial charge in [-0.05, 0) is 58.1 Å². The Morgan fingerprint density at radius 1 is 1.00 bits per heavy atom. The summed E-state index contributed by atoms with van der Waals surface area (Å²) in [5.41, 5.74) is 6.52. The summed E-state index contributed by atoms with van der Waals surface area (Å²) in [6.07, 6.45) is 3.11. The van der Waals surface area contributed by atoms with E-state index < -0.39 is 5.97 Å². The van der Waals surface area contributed by atoms with Crippen molar-refractivity contribution in [2.24, 2.45) is 0 Å². The maximum Gasteiger partial charge on any atom is 0.336 e. The molecule has 0 fully saturated rings. The van der Waals surface area contributed by atoms with Crippen molar-refractivity contribution in [3.05, 3.63) is 70.3 Å². The van der Waals surface area contributed by atoms with Crippen LogP contribution in [0.2, 0.25) is 0 Å². The summed E-state index contributed by atoms with van der Waals surface area (Å²) in [7, 11) is 0. The van der Waals surface area contributed by atoms with Gasteiger partial charge in [-0.3, -0.25) is 0 Å². The quantitative estimate of drug-likeness (QED) is 0.709. The predicted octanol–water partition coefficient (Wildman–Crippen LogP) is 5.90. The lowest BCUT2D eigenvalue weighted by molar-refractivity contribution is 0.0696. The van der Waals surface area contributed by atoms with E-state index in [4.69, 9.17) is 0 Å². The standard InChI is InChI=1S/C23H26O2/c1-15(12-17-8-6-7-9-18(17)21(24)25)16-10-11-19-20(13-16)23(4,5)14-22(19,2)3/h6-13H,14H2,1-5H3,(H,24,25). The first-order chi connectivity index (χ1) is 11.6. The van der Waals surface area contributed by atoms with E-state index in [1.54, 1.807) is 12.1 Å². The second-order valence-electron chi connectivity index (χ2n) is 8.42. The Morgan fingerprint density at radius 2 is 1.64 bits per heavy atom. The number of carboxylic acids is 1. The molecule has 1 aliphatic carbocycles. The summed E-state index contributed by atoms with van der Waals surface area (Å²) in [5.74, 6) is -0.892. The molecule has 0 aliphatic heterocycles. The van der Waals surface area contributed by atoms with Crippen molar-refractivity contribution in [1.29, 1.82) is 0 Å². The van der Waals surface area contributed by atoms with Crippen molar-refractivity contribution in [2.75, 3.05) is 0 Å². The van der Waals surface area contributed by atoms with Crippen LogP contribution in [0.4, 0.5) is 0 Å². The van der Waals surface area contributed by atoms with Gasteiger partial charge in [-0.15, -0.1) is 0 Å².